The van der Waals surface area contributed by atoms with E-state index in [0.717, 1.165) is 64.0 Å². The van der Waals surface area contributed by atoms with E-state index in [1.807, 2.05) is 29.2 Å². The van der Waals surface area contributed by atoms with Crippen LogP contribution in [0.3, 0.4) is 0 Å². The molecule has 3 fully saturated rings. The lowest BCUT2D eigenvalue weighted by Gasteiger charge is -2.35. The molecule has 0 N–H and O–H groups in total. The summed E-state index contributed by atoms with van der Waals surface area (Å²) < 4.78 is 24.1. The number of hydrogen-bond acceptors (Lipinski definition) is 6. The van der Waals surface area contributed by atoms with Crippen LogP contribution in [0.4, 0.5) is 5.69 Å². The van der Waals surface area contributed by atoms with E-state index < -0.39 is 9.84 Å². The SMILES string of the molecule is N#Cc1ccc(N2CCCN(CC(=O)N(C3CCCC3)C3CCS(=O)(=O)C3)CC2)cc1. The number of carbonyl (C=O) groups is 1. The molecule has 0 bridgehead atoms. The second kappa shape index (κ2) is 9.58. The first kappa shape index (κ1) is 22.1. The molecule has 1 aromatic rings. The third-order valence-corrected chi connectivity index (χ3v) is 8.67. The van der Waals surface area contributed by atoms with Crippen LogP contribution in [0.15, 0.2) is 24.3 Å². The normalized spacial score (nSPS) is 24.6. The summed E-state index contributed by atoms with van der Waals surface area (Å²) in [7, 11) is -3.02. The zero-order chi connectivity index (χ0) is 21.8. The summed E-state index contributed by atoms with van der Waals surface area (Å²) in [5.41, 5.74) is 1.77. The molecule has 1 saturated carbocycles. The van der Waals surface area contributed by atoms with Crippen molar-refractivity contribution in [1.82, 2.24) is 9.80 Å². The summed E-state index contributed by atoms with van der Waals surface area (Å²) in [4.78, 5) is 19.9. The molecule has 0 radical (unpaired) electrons. The molecular weight excluding hydrogens is 412 g/mol. The van der Waals surface area contributed by atoms with Crippen LogP contribution in [0.1, 0.15) is 44.1 Å². The fourth-order valence-corrected chi connectivity index (χ4v) is 7.00. The van der Waals surface area contributed by atoms with Crippen LogP contribution in [0.2, 0.25) is 0 Å². The average molecular weight is 445 g/mol. The van der Waals surface area contributed by atoms with Gasteiger partial charge in [0.1, 0.15) is 0 Å². The van der Waals surface area contributed by atoms with E-state index in [4.69, 9.17) is 5.26 Å². The van der Waals surface area contributed by atoms with Crippen LogP contribution in [-0.2, 0) is 14.6 Å². The van der Waals surface area contributed by atoms with Gasteiger partial charge >= 0.3 is 0 Å². The summed E-state index contributed by atoms with van der Waals surface area (Å²) in [6.07, 6.45) is 5.78. The third-order valence-electron chi connectivity index (χ3n) is 6.92. The second-order valence-corrected chi connectivity index (χ2v) is 11.3. The topological polar surface area (TPSA) is 84.7 Å². The molecule has 2 aliphatic heterocycles. The molecule has 4 rings (SSSR count). The second-order valence-electron chi connectivity index (χ2n) is 9.07. The van der Waals surface area contributed by atoms with Crippen molar-refractivity contribution in [3.8, 4) is 6.07 Å². The molecule has 0 aromatic heterocycles. The average Bonchev–Trinajstić information content (AvgIpc) is 3.33. The molecule has 2 heterocycles. The molecule has 1 unspecified atom stereocenters. The Kier molecular flexibility index (Phi) is 6.83. The lowest BCUT2D eigenvalue weighted by Crippen LogP contribution is -2.51. The molecule has 2 saturated heterocycles. The number of hydrogen-bond donors (Lipinski definition) is 0. The van der Waals surface area contributed by atoms with Crippen molar-refractivity contribution in [2.75, 3.05) is 49.1 Å². The van der Waals surface area contributed by atoms with Gasteiger partial charge in [-0.2, -0.15) is 5.26 Å². The fraction of sp³-hybridized carbons (Fsp3) is 0.652. The Morgan fingerprint density at radius 2 is 1.74 bits per heavy atom. The number of benzene rings is 1. The van der Waals surface area contributed by atoms with Gasteiger partial charge in [0, 0.05) is 44.0 Å². The fourth-order valence-electron chi connectivity index (χ4n) is 5.29. The van der Waals surface area contributed by atoms with Gasteiger partial charge in [0.05, 0.1) is 29.7 Å². The van der Waals surface area contributed by atoms with Crippen molar-refractivity contribution < 1.29 is 13.2 Å². The lowest BCUT2D eigenvalue weighted by atomic mass is 10.1. The van der Waals surface area contributed by atoms with Crippen molar-refractivity contribution in [3.05, 3.63) is 29.8 Å². The number of rotatable bonds is 5. The first-order valence-electron chi connectivity index (χ1n) is 11.4. The molecule has 1 amide bonds. The van der Waals surface area contributed by atoms with Gasteiger partial charge in [0.15, 0.2) is 9.84 Å². The molecule has 168 valence electrons. The lowest BCUT2D eigenvalue weighted by molar-refractivity contribution is -0.136. The van der Waals surface area contributed by atoms with Crippen LogP contribution < -0.4 is 4.90 Å². The highest BCUT2D eigenvalue weighted by Gasteiger charge is 2.39. The van der Waals surface area contributed by atoms with E-state index in [2.05, 4.69) is 15.9 Å². The predicted molar refractivity (Wildman–Crippen MR) is 121 cm³/mol. The van der Waals surface area contributed by atoms with Crippen LogP contribution in [0.5, 0.6) is 0 Å². The summed E-state index contributed by atoms with van der Waals surface area (Å²) >= 11 is 0. The zero-order valence-corrected chi connectivity index (χ0v) is 18.9. The molecule has 1 aromatic carbocycles. The molecule has 1 aliphatic carbocycles. The number of nitrogens with zero attached hydrogens (tertiary/aromatic N) is 4. The number of amides is 1. The Labute approximate surface area is 185 Å². The summed E-state index contributed by atoms with van der Waals surface area (Å²) in [5.74, 6) is 0.430. The Morgan fingerprint density at radius 1 is 1.00 bits per heavy atom. The quantitative estimate of drug-likeness (QED) is 0.691. The minimum Gasteiger partial charge on any atom is -0.370 e. The Morgan fingerprint density at radius 3 is 2.39 bits per heavy atom. The van der Waals surface area contributed by atoms with Gasteiger partial charge in [-0.05, 0) is 49.9 Å². The van der Waals surface area contributed by atoms with Crippen molar-refractivity contribution in [3.63, 3.8) is 0 Å². The third kappa shape index (κ3) is 5.39. The molecule has 3 aliphatic rings. The van der Waals surface area contributed by atoms with E-state index in [-0.39, 0.29) is 29.5 Å². The Hall–Kier alpha value is -2.11. The van der Waals surface area contributed by atoms with Crippen molar-refractivity contribution >= 4 is 21.4 Å². The molecule has 7 nitrogen and oxygen atoms in total. The highest BCUT2D eigenvalue weighted by Crippen LogP contribution is 2.29. The van der Waals surface area contributed by atoms with E-state index in [0.29, 0.717) is 18.5 Å². The van der Waals surface area contributed by atoms with E-state index in [1.54, 1.807) is 0 Å². The standard InChI is InChI=1S/C23H32N4O3S/c24-16-19-6-8-20(9-7-19)26-12-3-11-25(13-14-26)17-23(28)27(21-4-1-2-5-21)22-10-15-31(29,30)18-22/h6-9,21-22H,1-5,10-15,17-18H2. The zero-order valence-electron chi connectivity index (χ0n) is 18.1. The van der Waals surface area contributed by atoms with Gasteiger partial charge in [-0.3, -0.25) is 9.69 Å². The Bertz CT molecular complexity index is 919. The minimum atomic E-state index is -3.02. The van der Waals surface area contributed by atoms with Crippen LogP contribution in [0.25, 0.3) is 0 Å². The van der Waals surface area contributed by atoms with Gasteiger partial charge in [-0.15, -0.1) is 0 Å². The Balaban J connectivity index is 1.38. The number of nitriles is 1. The van der Waals surface area contributed by atoms with Crippen molar-refractivity contribution in [2.24, 2.45) is 0 Å². The largest absolute Gasteiger partial charge is 0.370 e. The predicted octanol–water partition coefficient (Wildman–Crippen LogP) is 2.03. The summed E-state index contributed by atoms with van der Waals surface area (Å²) in [6.45, 7) is 3.78. The maximum Gasteiger partial charge on any atom is 0.237 e. The van der Waals surface area contributed by atoms with Crippen LogP contribution in [0, 0.1) is 11.3 Å². The molecular formula is C23H32N4O3S. The van der Waals surface area contributed by atoms with E-state index in [9.17, 15) is 13.2 Å². The number of anilines is 1. The molecule has 8 heteroatoms. The summed E-state index contributed by atoms with van der Waals surface area (Å²) in [6, 6.07) is 9.87. The van der Waals surface area contributed by atoms with Gasteiger partial charge in [0.25, 0.3) is 0 Å². The van der Waals surface area contributed by atoms with Gasteiger partial charge in [0.2, 0.25) is 5.91 Å². The van der Waals surface area contributed by atoms with Gasteiger partial charge < -0.3 is 9.80 Å². The van der Waals surface area contributed by atoms with E-state index >= 15 is 0 Å². The van der Waals surface area contributed by atoms with Crippen molar-refractivity contribution in [1.29, 1.82) is 5.26 Å². The maximum absolute atomic E-state index is 13.4. The minimum absolute atomic E-state index is 0.0980. The van der Waals surface area contributed by atoms with E-state index in [1.165, 1.54) is 0 Å². The van der Waals surface area contributed by atoms with Gasteiger partial charge in [-0.25, -0.2) is 8.42 Å². The maximum atomic E-state index is 13.4. The van der Waals surface area contributed by atoms with Crippen LogP contribution in [-0.4, -0.2) is 80.4 Å². The smallest absolute Gasteiger partial charge is 0.237 e. The molecule has 31 heavy (non-hydrogen) atoms. The monoisotopic (exact) mass is 444 g/mol. The first-order chi connectivity index (χ1) is 14.9. The molecule has 0 spiro atoms. The highest BCUT2D eigenvalue weighted by molar-refractivity contribution is 7.91. The van der Waals surface area contributed by atoms with Crippen molar-refractivity contribution in [2.45, 2.75) is 50.6 Å². The molecule has 1 atom stereocenters. The number of carbonyl (C=O) groups excluding carboxylic acids is 1. The highest BCUT2D eigenvalue weighted by atomic mass is 32.2. The van der Waals surface area contributed by atoms with Gasteiger partial charge in [-0.1, -0.05) is 12.8 Å². The number of sulfone groups is 1. The van der Waals surface area contributed by atoms with Crippen LogP contribution >= 0.6 is 0 Å². The summed E-state index contributed by atoms with van der Waals surface area (Å²) in [5, 5.41) is 8.99. The first-order valence-corrected chi connectivity index (χ1v) is 13.3.